The van der Waals surface area contributed by atoms with E-state index in [1.54, 1.807) is 6.07 Å². The molecule has 2 aromatic carbocycles. The molecule has 0 fully saturated rings. The predicted octanol–water partition coefficient (Wildman–Crippen LogP) is 5.28. The molecule has 0 atom stereocenters. The van der Waals surface area contributed by atoms with Crippen molar-refractivity contribution in [1.29, 1.82) is 0 Å². The van der Waals surface area contributed by atoms with Gasteiger partial charge in [0.2, 0.25) is 5.89 Å². The van der Waals surface area contributed by atoms with Crippen LogP contribution < -0.4 is 0 Å². The molecule has 4 rings (SSSR count). The predicted molar refractivity (Wildman–Crippen MR) is 90.2 cm³/mol. The van der Waals surface area contributed by atoms with Gasteiger partial charge in [-0.05, 0) is 43.3 Å². The van der Waals surface area contributed by atoms with Crippen molar-refractivity contribution in [2.24, 2.45) is 0 Å². The van der Waals surface area contributed by atoms with Crippen LogP contribution in [0.5, 0.6) is 0 Å². The van der Waals surface area contributed by atoms with E-state index in [2.05, 4.69) is 15.2 Å². The summed E-state index contributed by atoms with van der Waals surface area (Å²) < 4.78 is 44.1. The largest absolute Gasteiger partial charge is 0.416 e. The summed E-state index contributed by atoms with van der Waals surface area (Å²) in [7, 11) is 0. The third-order valence-electron chi connectivity index (χ3n) is 3.93. The van der Waals surface area contributed by atoms with Crippen LogP contribution in [0.3, 0.4) is 0 Å². The second-order valence-electron chi connectivity index (χ2n) is 5.88. The number of halogens is 3. The Kier molecular flexibility index (Phi) is 3.72. The van der Waals surface area contributed by atoms with Crippen molar-refractivity contribution in [1.82, 2.24) is 15.2 Å². The highest BCUT2D eigenvalue weighted by molar-refractivity contribution is 5.81. The lowest BCUT2D eigenvalue weighted by Gasteiger charge is -2.06. The Balaban J connectivity index is 1.71. The van der Waals surface area contributed by atoms with Crippen molar-refractivity contribution in [2.45, 2.75) is 13.1 Å². The normalized spacial score (nSPS) is 11.8. The number of fused-ring (bicyclic) bond motifs is 1. The number of rotatable bonds is 2. The van der Waals surface area contributed by atoms with Crippen molar-refractivity contribution >= 4 is 10.9 Å². The third kappa shape index (κ3) is 3.03. The molecule has 4 nitrogen and oxygen atoms in total. The van der Waals surface area contributed by atoms with Crippen LogP contribution in [0, 0.1) is 6.92 Å². The van der Waals surface area contributed by atoms with Gasteiger partial charge in [-0.15, -0.1) is 10.2 Å². The number of alkyl halides is 3. The van der Waals surface area contributed by atoms with E-state index in [-0.39, 0.29) is 17.3 Å². The molecule has 4 aromatic rings. The lowest BCUT2D eigenvalue weighted by Crippen LogP contribution is -2.04. The van der Waals surface area contributed by atoms with Crippen LogP contribution in [0.15, 0.2) is 59.0 Å². The molecule has 26 heavy (non-hydrogen) atoms. The van der Waals surface area contributed by atoms with Crippen LogP contribution in [0.4, 0.5) is 13.2 Å². The van der Waals surface area contributed by atoms with E-state index in [1.807, 2.05) is 31.2 Å². The summed E-state index contributed by atoms with van der Waals surface area (Å²) in [5.41, 5.74) is 1.79. The standard InChI is InChI=1S/C19H12F3N3O/c1-11-5-7-15-12(9-11)6-8-16(23-15)18-25-24-17(26-18)13-3-2-4-14(10-13)19(20,21)22/h2-10H,1H3. The molecule has 0 N–H and O–H groups in total. The average Bonchev–Trinajstić information content (AvgIpc) is 3.11. The van der Waals surface area contributed by atoms with Crippen molar-refractivity contribution in [3.63, 3.8) is 0 Å². The van der Waals surface area contributed by atoms with Gasteiger partial charge in [0, 0.05) is 10.9 Å². The van der Waals surface area contributed by atoms with Gasteiger partial charge in [0.05, 0.1) is 11.1 Å². The number of pyridine rings is 1. The number of aryl methyl sites for hydroxylation is 1. The maximum absolute atomic E-state index is 12.9. The minimum Gasteiger partial charge on any atom is -0.415 e. The molecule has 130 valence electrons. The highest BCUT2D eigenvalue weighted by Gasteiger charge is 2.30. The number of nitrogens with zero attached hydrogens (tertiary/aromatic N) is 3. The highest BCUT2D eigenvalue weighted by Crippen LogP contribution is 2.32. The Labute approximate surface area is 146 Å². The van der Waals surface area contributed by atoms with E-state index >= 15 is 0 Å². The summed E-state index contributed by atoms with van der Waals surface area (Å²) in [4.78, 5) is 4.47. The molecule has 0 saturated carbocycles. The molecule has 0 spiro atoms. The lowest BCUT2D eigenvalue weighted by molar-refractivity contribution is -0.137. The van der Waals surface area contributed by atoms with E-state index in [1.165, 1.54) is 12.1 Å². The van der Waals surface area contributed by atoms with Crippen LogP contribution in [0.2, 0.25) is 0 Å². The number of hydrogen-bond donors (Lipinski definition) is 0. The van der Waals surface area contributed by atoms with Gasteiger partial charge in [0.15, 0.2) is 0 Å². The van der Waals surface area contributed by atoms with Crippen molar-refractivity contribution in [3.8, 4) is 23.0 Å². The fourth-order valence-corrected chi connectivity index (χ4v) is 2.64. The molecular formula is C19H12F3N3O. The van der Waals surface area contributed by atoms with Gasteiger partial charge in [0.25, 0.3) is 5.89 Å². The number of aromatic nitrogens is 3. The Morgan fingerprint density at radius 1 is 0.885 bits per heavy atom. The lowest BCUT2D eigenvalue weighted by atomic mass is 10.1. The zero-order valence-electron chi connectivity index (χ0n) is 13.6. The number of hydrogen-bond acceptors (Lipinski definition) is 4. The van der Waals surface area contributed by atoms with Gasteiger partial charge < -0.3 is 4.42 Å². The molecule has 0 unspecified atom stereocenters. The summed E-state index contributed by atoms with van der Waals surface area (Å²) in [6, 6.07) is 14.2. The summed E-state index contributed by atoms with van der Waals surface area (Å²) in [6.45, 7) is 1.99. The molecule has 0 bridgehead atoms. The first-order valence-electron chi connectivity index (χ1n) is 7.79. The monoisotopic (exact) mass is 355 g/mol. The molecule has 0 aliphatic rings. The average molecular weight is 355 g/mol. The van der Waals surface area contributed by atoms with Gasteiger partial charge in [-0.1, -0.05) is 23.8 Å². The Morgan fingerprint density at radius 3 is 2.50 bits per heavy atom. The molecular weight excluding hydrogens is 343 g/mol. The Bertz CT molecular complexity index is 1100. The van der Waals surface area contributed by atoms with Crippen LogP contribution >= 0.6 is 0 Å². The van der Waals surface area contributed by atoms with E-state index in [4.69, 9.17) is 4.42 Å². The molecule has 0 aliphatic heterocycles. The number of benzene rings is 2. The molecule has 2 heterocycles. The SMILES string of the molecule is Cc1ccc2nc(-c3nnc(-c4cccc(C(F)(F)F)c4)o3)ccc2c1. The topological polar surface area (TPSA) is 51.8 Å². The maximum atomic E-state index is 12.9. The fraction of sp³-hybridized carbons (Fsp3) is 0.105. The first-order valence-corrected chi connectivity index (χ1v) is 7.79. The minimum atomic E-state index is -4.43. The smallest absolute Gasteiger partial charge is 0.415 e. The molecule has 0 aliphatic carbocycles. The van der Waals surface area contributed by atoms with Gasteiger partial charge in [-0.3, -0.25) is 0 Å². The molecule has 0 saturated heterocycles. The van der Waals surface area contributed by atoms with E-state index in [0.29, 0.717) is 5.69 Å². The zero-order valence-corrected chi connectivity index (χ0v) is 13.6. The second kappa shape index (κ2) is 5.94. The summed E-state index contributed by atoms with van der Waals surface area (Å²) in [5, 5.41) is 8.75. The van der Waals surface area contributed by atoms with E-state index in [9.17, 15) is 13.2 Å². The first-order chi connectivity index (χ1) is 12.4. The van der Waals surface area contributed by atoms with Crippen molar-refractivity contribution in [2.75, 3.05) is 0 Å². The summed E-state index contributed by atoms with van der Waals surface area (Å²) >= 11 is 0. The van der Waals surface area contributed by atoms with Gasteiger partial charge in [0.1, 0.15) is 5.69 Å². The summed E-state index contributed by atoms with van der Waals surface area (Å²) in [5.74, 6) is 0.164. The van der Waals surface area contributed by atoms with E-state index in [0.717, 1.165) is 28.6 Å². The second-order valence-corrected chi connectivity index (χ2v) is 5.88. The summed E-state index contributed by atoms with van der Waals surface area (Å²) in [6.07, 6.45) is -4.43. The van der Waals surface area contributed by atoms with Crippen LogP contribution in [0.25, 0.3) is 33.9 Å². The zero-order chi connectivity index (χ0) is 18.3. The quantitative estimate of drug-likeness (QED) is 0.491. The van der Waals surface area contributed by atoms with Gasteiger partial charge in [-0.25, -0.2) is 4.98 Å². The van der Waals surface area contributed by atoms with Crippen molar-refractivity contribution in [3.05, 3.63) is 65.7 Å². The van der Waals surface area contributed by atoms with Crippen LogP contribution in [-0.4, -0.2) is 15.2 Å². The maximum Gasteiger partial charge on any atom is 0.416 e. The van der Waals surface area contributed by atoms with Crippen molar-refractivity contribution < 1.29 is 17.6 Å². The molecule has 2 aromatic heterocycles. The minimum absolute atomic E-state index is 0.0110. The third-order valence-corrected chi connectivity index (χ3v) is 3.93. The Hall–Kier alpha value is -3.22. The fourth-order valence-electron chi connectivity index (χ4n) is 2.64. The van der Waals surface area contributed by atoms with E-state index < -0.39 is 11.7 Å². The van der Waals surface area contributed by atoms with Crippen LogP contribution in [0.1, 0.15) is 11.1 Å². The molecule has 7 heteroatoms. The highest BCUT2D eigenvalue weighted by atomic mass is 19.4. The van der Waals surface area contributed by atoms with Gasteiger partial charge in [-0.2, -0.15) is 13.2 Å². The van der Waals surface area contributed by atoms with Gasteiger partial charge >= 0.3 is 6.18 Å². The first kappa shape index (κ1) is 16.3. The molecule has 0 radical (unpaired) electrons. The molecule has 0 amide bonds. The Morgan fingerprint density at radius 2 is 1.69 bits per heavy atom. The van der Waals surface area contributed by atoms with Crippen LogP contribution in [-0.2, 0) is 6.18 Å².